The second-order valence-corrected chi connectivity index (χ2v) is 4.94. The van der Waals surface area contributed by atoms with Gasteiger partial charge in [0.05, 0.1) is 29.0 Å². The standard InChI is InChI=1S/C13H13FN2O3S/c1-20-8-11-4-3-10(19-11)7-15-13-5-2-9(16(17)18)6-12(13)14/h2-6,15H,7-8H2,1H3. The van der Waals surface area contributed by atoms with Crippen LogP contribution in [0.5, 0.6) is 0 Å². The molecule has 106 valence electrons. The number of nitrogens with one attached hydrogen (secondary N) is 1. The molecule has 0 bridgehead atoms. The van der Waals surface area contributed by atoms with Gasteiger partial charge in [0.1, 0.15) is 11.5 Å². The number of furan rings is 1. The fraction of sp³-hybridized carbons (Fsp3) is 0.231. The van der Waals surface area contributed by atoms with Gasteiger partial charge < -0.3 is 9.73 Å². The van der Waals surface area contributed by atoms with E-state index in [1.165, 1.54) is 12.1 Å². The predicted molar refractivity (Wildman–Crippen MR) is 76.3 cm³/mol. The van der Waals surface area contributed by atoms with Crippen LogP contribution in [0.3, 0.4) is 0 Å². The molecule has 1 heterocycles. The Kier molecular flexibility index (Phi) is 4.62. The first kappa shape index (κ1) is 14.4. The van der Waals surface area contributed by atoms with E-state index < -0.39 is 10.7 Å². The number of nitrogens with zero attached hydrogens (tertiary/aromatic N) is 1. The van der Waals surface area contributed by atoms with Gasteiger partial charge in [0.2, 0.25) is 0 Å². The number of nitro benzene ring substituents is 1. The Morgan fingerprint density at radius 3 is 2.75 bits per heavy atom. The summed E-state index contributed by atoms with van der Waals surface area (Å²) in [6.45, 7) is 0.323. The zero-order valence-corrected chi connectivity index (χ0v) is 11.6. The average molecular weight is 296 g/mol. The van der Waals surface area contributed by atoms with Crippen LogP contribution in [0.2, 0.25) is 0 Å². The SMILES string of the molecule is CSCc1ccc(CNc2ccc([N+](=O)[O-])cc2F)o1. The van der Waals surface area contributed by atoms with Crippen molar-refractivity contribution in [1.82, 2.24) is 0 Å². The molecule has 0 fully saturated rings. The summed E-state index contributed by atoms with van der Waals surface area (Å²) >= 11 is 1.65. The number of benzene rings is 1. The molecule has 1 aromatic heterocycles. The summed E-state index contributed by atoms with van der Waals surface area (Å²) < 4.78 is 19.2. The van der Waals surface area contributed by atoms with E-state index in [4.69, 9.17) is 4.42 Å². The molecule has 1 N–H and O–H groups in total. The summed E-state index contributed by atoms with van der Waals surface area (Å²) in [5.41, 5.74) is -0.0632. The second-order valence-electron chi connectivity index (χ2n) is 4.08. The van der Waals surface area contributed by atoms with Gasteiger partial charge in [-0.2, -0.15) is 11.8 Å². The van der Waals surface area contributed by atoms with Crippen molar-refractivity contribution >= 4 is 23.1 Å². The van der Waals surface area contributed by atoms with E-state index in [1.807, 2.05) is 18.4 Å². The lowest BCUT2D eigenvalue weighted by Crippen LogP contribution is -2.01. The lowest BCUT2D eigenvalue weighted by molar-refractivity contribution is -0.385. The fourth-order valence-electron chi connectivity index (χ4n) is 1.68. The topological polar surface area (TPSA) is 68.3 Å². The van der Waals surface area contributed by atoms with E-state index in [-0.39, 0.29) is 11.4 Å². The minimum Gasteiger partial charge on any atom is -0.463 e. The van der Waals surface area contributed by atoms with Crippen LogP contribution >= 0.6 is 11.8 Å². The molecule has 0 saturated heterocycles. The van der Waals surface area contributed by atoms with Crippen molar-refractivity contribution in [1.29, 1.82) is 0 Å². The van der Waals surface area contributed by atoms with Crippen LogP contribution in [0.1, 0.15) is 11.5 Å². The highest BCUT2D eigenvalue weighted by molar-refractivity contribution is 7.97. The molecule has 1 aromatic carbocycles. The molecule has 5 nitrogen and oxygen atoms in total. The number of thioether (sulfide) groups is 1. The normalized spacial score (nSPS) is 10.5. The van der Waals surface area contributed by atoms with E-state index in [0.717, 1.165) is 17.6 Å². The van der Waals surface area contributed by atoms with Crippen LogP contribution in [-0.2, 0) is 12.3 Å². The Hall–Kier alpha value is -2.02. The third-order valence-electron chi connectivity index (χ3n) is 2.62. The maximum absolute atomic E-state index is 13.6. The molecule has 2 aromatic rings. The molecule has 0 spiro atoms. The summed E-state index contributed by atoms with van der Waals surface area (Å²) in [5, 5.41) is 13.4. The quantitative estimate of drug-likeness (QED) is 0.648. The van der Waals surface area contributed by atoms with Crippen molar-refractivity contribution in [3.63, 3.8) is 0 Å². The summed E-state index contributed by atoms with van der Waals surface area (Å²) in [7, 11) is 0. The Morgan fingerprint density at radius 1 is 1.35 bits per heavy atom. The largest absolute Gasteiger partial charge is 0.463 e. The number of hydrogen-bond donors (Lipinski definition) is 1. The first-order chi connectivity index (χ1) is 9.60. The van der Waals surface area contributed by atoms with Gasteiger partial charge in [0.15, 0.2) is 5.82 Å². The molecular weight excluding hydrogens is 283 g/mol. The van der Waals surface area contributed by atoms with Crippen LogP contribution in [0.15, 0.2) is 34.7 Å². The van der Waals surface area contributed by atoms with Gasteiger partial charge in [-0.3, -0.25) is 10.1 Å². The Morgan fingerprint density at radius 2 is 2.10 bits per heavy atom. The van der Waals surface area contributed by atoms with Crippen LogP contribution in [0, 0.1) is 15.9 Å². The van der Waals surface area contributed by atoms with Gasteiger partial charge >= 0.3 is 0 Å². The molecule has 0 saturated carbocycles. The van der Waals surface area contributed by atoms with Crippen molar-refractivity contribution in [3.05, 3.63) is 57.8 Å². The molecule has 0 aliphatic rings. The first-order valence-electron chi connectivity index (χ1n) is 5.84. The van der Waals surface area contributed by atoms with Crippen molar-refractivity contribution < 1.29 is 13.7 Å². The molecule has 0 aliphatic carbocycles. The van der Waals surface area contributed by atoms with Crippen molar-refractivity contribution in [2.24, 2.45) is 0 Å². The molecule has 20 heavy (non-hydrogen) atoms. The first-order valence-corrected chi connectivity index (χ1v) is 7.24. The highest BCUT2D eigenvalue weighted by atomic mass is 32.2. The Balaban J connectivity index is 2.01. The third kappa shape index (κ3) is 3.51. The van der Waals surface area contributed by atoms with Crippen LogP contribution in [0.25, 0.3) is 0 Å². The molecule has 0 atom stereocenters. The van der Waals surface area contributed by atoms with E-state index in [0.29, 0.717) is 12.3 Å². The summed E-state index contributed by atoms with van der Waals surface area (Å²) in [6, 6.07) is 7.19. The number of non-ortho nitro benzene ring substituents is 1. The third-order valence-corrected chi connectivity index (χ3v) is 3.19. The highest BCUT2D eigenvalue weighted by Crippen LogP contribution is 2.21. The number of nitro groups is 1. The second kappa shape index (κ2) is 6.42. The minimum absolute atomic E-state index is 0.207. The van der Waals surface area contributed by atoms with Crippen LogP contribution in [0.4, 0.5) is 15.8 Å². The van der Waals surface area contributed by atoms with Gasteiger partial charge in [-0.25, -0.2) is 4.39 Å². The van der Waals surface area contributed by atoms with Gasteiger partial charge in [-0.05, 0) is 24.5 Å². The lowest BCUT2D eigenvalue weighted by atomic mass is 10.2. The predicted octanol–water partition coefficient (Wildman–Crippen LogP) is 3.80. The molecule has 7 heteroatoms. The van der Waals surface area contributed by atoms with E-state index in [2.05, 4.69) is 5.32 Å². The molecular formula is C13H13FN2O3S. The van der Waals surface area contributed by atoms with Crippen LogP contribution in [-0.4, -0.2) is 11.2 Å². The van der Waals surface area contributed by atoms with Gasteiger partial charge in [-0.1, -0.05) is 0 Å². The fourth-order valence-corrected chi connectivity index (χ4v) is 2.12. The summed E-state index contributed by atoms with van der Waals surface area (Å²) in [5.74, 6) is 1.67. The Bertz CT molecular complexity index is 615. The smallest absolute Gasteiger partial charge is 0.272 e. The summed E-state index contributed by atoms with van der Waals surface area (Å²) in [4.78, 5) is 9.88. The average Bonchev–Trinajstić information content (AvgIpc) is 2.85. The Labute approximate surface area is 119 Å². The van der Waals surface area contributed by atoms with Gasteiger partial charge in [-0.15, -0.1) is 0 Å². The molecule has 0 aliphatic heterocycles. The zero-order valence-electron chi connectivity index (χ0n) is 10.8. The lowest BCUT2D eigenvalue weighted by Gasteiger charge is -2.05. The number of hydrogen-bond acceptors (Lipinski definition) is 5. The maximum Gasteiger partial charge on any atom is 0.272 e. The monoisotopic (exact) mass is 296 g/mol. The van der Waals surface area contributed by atoms with Gasteiger partial charge in [0, 0.05) is 6.07 Å². The minimum atomic E-state index is -0.657. The molecule has 0 amide bonds. The molecule has 0 unspecified atom stereocenters. The molecule has 2 rings (SSSR count). The van der Waals surface area contributed by atoms with Crippen molar-refractivity contribution in [2.75, 3.05) is 11.6 Å². The number of rotatable bonds is 6. The summed E-state index contributed by atoms with van der Waals surface area (Å²) in [6.07, 6.45) is 1.98. The van der Waals surface area contributed by atoms with Crippen LogP contribution < -0.4 is 5.32 Å². The van der Waals surface area contributed by atoms with E-state index in [9.17, 15) is 14.5 Å². The molecule has 0 radical (unpaired) electrons. The van der Waals surface area contributed by atoms with Gasteiger partial charge in [0.25, 0.3) is 5.69 Å². The number of halogens is 1. The maximum atomic E-state index is 13.6. The number of anilines is 1. The van der Waals surface area contributed by atoms with E-state index in [1.54, 1.807) is 11.8 Å². The van der Waals surface area contributed by atoms with E-state index >= 15 is 0 Å². The van der Waals surface area contributed by atoms with Crippen molar-refractivity contribution in [2.45, 2.75) is 12.3 Å². The van der Waals surface area contributed by atoms with Crippen molar-refractivity contribution in [3.8, 4) is 0 Å². The zero-order chi connectivity index (χ0) is 14.5. The highest BCUT2D eigenvalue weighted by Gasteiger charge is 2.11.